The van der Waals surface area contributed by atoms with E-state index < -0.39 is 0 Å². The van der Waals surface area contributed by atoms with Crippen LogP contribution in [0.15, 0.2) is 71.7 Å². The SMILES string of the molecule is COc1ccc(C(=O)c2cn(Cc3ccc(Cl)cc3)c3cc4c(cc3c2=O)OCO4)cc1. The van der Waals surface area contributed by atoms with Crippen LogP contribution in [0.5, 0.6) is 17.2 Å². The number of hydrogen-bond donors (Lipinski definition) is 0. The summed E-state index contributed by atoms with van der Waals surface area (Å²) in [6.07, 6.45) is 1.61. The topological polar surface area (TPSA) is 66.8 Å². The molecule has 0 atom stereocenters. The van der Waals surface area contributed by atoms with Gasteiger partial charge in [-0.15, -0.1) is 0 Å². The maximum Gasteiger partial charge on any atom is 0.231 e. The normalized spacial score (nSPS) is 12.2. The molecular weight excluding hydrogens is 430 g/mol. The number of ketones is 1. The molecular formula is C25H18ClNO5. The molecule has 0 unspecified atom stereocenters. The highest BCUT2D eigenvalue weighted by Gasteiger charge is 2.22. The number of nitrogens with zero attached hydrogens (tertiary/aromatic N) is 1. The number of carbonyl (C=O) groups is 1. The van der Waals surface area contributed by atoms with Gasteiger partial charge in [0.2, 0.25) is 12.2 Å². The zero-order valence-corrected chi connectivity index (χ0v) is 17.9. The number of ether oxygens (including phenoxy) is 3. The predicted octanol–water partition coefficient (Wildman–Crippen LogP) is 4.67. The van der Waals surface area contributed by atoms with Gasteiger partial charge < -0.3 is 18.8 Å². The van der Waals surface area contributed by atoms with Crippen LogP contribution in [0.2, 0.25) is 5.02 Å². The van der Waals surface area contributed by atoms with Gasteiger partial charge in [-0.05, 0) is 48.0 Å². The lowest BCUT2D eigenvalue weighted by Crippen LogP contribution is -2.20. The summed E-state index contributed by atoms with van der Waals surface area (Å²) >= 11 is 6.02. The van der Waals surface area contributed by atoms with E-state index in [9.17, 15) is 9.59 Å². The van der Waals surface area contributed by atoms with Crippen LogP contribution in [0, 0.1) is 0 Å². The van der Waals surface area contributed by atoms with Crippen molar-refractivity contribution in [1.82, 2.24) is 4.57 Å². The molecule has 0 spiro atoms. The van der Waals surface area contributed by atoms with E-state index in [1.165, 1.54) is 0 Å². The van der Waals surface area contributed by atoms with Gasteiger partial charge in [0, 0.05) is 29.4 Å². The molecule has 0 fully saturated rings. The summed E-state index contributed by atoms with van der Waals surface area (Å²) in [4.78, 5) is 26.6. The van der Waals surface area contributed by atoms with Gasteiger partial charge in [0.15, 0.2) is 17.3 Å². The van der Waals surface area contributed by atoms with Crippen LogP contribution in [0.4, 0.5) is 0 Å². The van der Waals surface area contributed by atoms with Crippen molar-refractivity contribution in [3.63, 3.8) is 0 Å². The summed E-state index contributed by atoms with van der Waals surface area (Å²) in [5.74, 6) is 1.33. The molecule has 2 heterocycles. The van der Waals surface area contributed by atoms with Crippen molar-refractivity contribution in [2.24, 2.45) is 0 Å². The van der Waals surface area contributed by atoms with Gasteiger partial charge in [0.1, 0.15) is 5.75 Å². The minimum atomic E-state index is -0.359. The molecule has 0 radical (unpaired) electrons. The summed E-state index contributed by atoms with van der Waals surface area (Å²) in [6.45, 7) is 0.533. The highest BCUT2D eigenvalue weighted by atomic mass is 35.5. The van der Waals surface area contributed by atoms with Crippen LogP contribution in [0.1, 0.15) is 21.5 Å². The Labute approximate surface area is 188 Å². The molecule has 0 aliphatic carbocycles. The van der Waals surface area contributed by atoms with E-state index in [4.69, 9.17) is 25.8 Å². The highest BCUT2D eigenvalue weighted by Crippen LogP contribution is 2.35. The maximum atomic E-state index is 13.3. The van der Waals surface area contributed by atoms with E-state index in [1.54, 1.807) is 61.8 Å². The molecule has 5 rings (SSSR count). The molecule has 1 aliphatic rings. The Morgan fingerprint density at radius 1 is 1.03 bits per heavy atom. The lowest BCUT2D eigenvalue weighted by molar-refractivity contribution is 0.103. The zero-order valence-electron chi connectivity index (χ0n) is 17.1. The number of fused-ring (bicyclic) bond motifs is 2. The molecule has 1 aromatic heterocycles. The minimum absolute atomic E-state index is 0.0792. The Morgan fingerprint density at radius 2 is 1.72 bits per heavy atom. The van der Waals surface area contributed by atoms with Gasteiger partial charge in [-0.25, -0.2) is 0 Å². The zero-order chi connectivity index (χ0) is 22.2. The average Bonchev–Trinajstić information content (AvgIpc) is 3.28. The summed E-state index contributed by atoms with van der Waals surface area (Å²) in [5.41, 5.74) is 1.75. The lowest BCUT2D eigenvalue weighted by atomic mass is 10.0. The standard InChI is InChI=1S/C25H18ClNO5/c1-30-18-8-4-16(5-9-18)24(28)20-13-27(12-15-2-6-17(26)7-3-15)21-11-23-22(31-14-32-23)10-19(21)25(20)29/h2-11,13H,12,14H2,1H3. The van der Waals surface area contributed by atoms with E-state index in [-0.39, 0.29) is 23.6 Å². The highest BCUT2D eigenvalue weighted by molar-refractivity contribution is 6.30. The van der Waals surface area contributed by atoms with Crippen molar-refractivity contribution in [3.05, 3.63) is 98.8 Å². The van der Waals surface area contributed by atoms with Crippen LogP contribution in [0.3, 0.4) is 0 Å². The van der Waals surface area contributed by atoms with Gasteiger partial charge in [0.05, 0.1) is 23.6 Å². The molecule has 4 aromatic rings. The molecule has 7 heteroatoms. The van der Waals surface area contributed by atoms with E-state index in [0.717, 1.165) is 5.56 Å². The third-order valence-electron chi connectivity index (χ3n) is 5.44. The quantitative estimate of drug-likeness (QED) is 0.416. The largest absolute Gasteiger partial charge is 0.497 e. The Bertz CT molecular complexity index is 1390. The molecule has 0 amide bonds. The number of methoxy groups -OCH3 is 1. The van der Waals surface area contributed by atoms with Gasteiger partial charge in [-0.3, -0.25) is 9.59 Å². The molecule has 6 nitrogen and oxygen atoms in total. The monoisotopic (exact) mass is 447 g/mol. The molecule has 1 aliphatic heterocycles. The second-order valence-corrected chi connectivity index (χ2v) is 7.84. The second kappa shape index (κ2) is 8.05. The Kier molecular flexibility index (Phi) is 5.07. The molecule has 32 heavy (non-hydrogen) atoms. The number of hydrogen-bond acceptors (Lipinski definition) is 5. The number of aromatic nitrogens is 1. The van der Waals surface area contributed by atoms with Crippen LogP contribution in [0.25, 0.3) is 10.9 Å². The van der Waals surface area contributed by atoms with Crippen molar-refractivity contribution in [1.29, 1.82) is 0 Å². The Hall–Kier alpha value is -3.77. The second-order valence-electron chi connectivity index (χ2n) is 7.41. The average molecular weight is 448 g/mol. The molecule has 0 saturated heterocycles. The Morgan fingerprint density at radius 3 is 2.41 bits per heavy atom. The van der Waals surface area contributed by atoms with Gasteiger partial charge in [0.25, 0.3) is 0 Å². The number of benzene rings is 3. The van der Waals surface area contributed by atoms with Crippen molar-refractivity contribution < 1.29 is 19.0 Å². The van der Waals surface area contributed by atoms with Gasteiger partial charge in [-0.2, -0.15) is 0 Å². The van der Waals surface area contributed by atoms with Crippen LogP contribution >= 0.6 is 11.6 Å². The predicted molar refractivity (Wildman–Crippen MR) is 121 cm³/mol. The fourth-order valence-electron chi connectivity index (χ4n) is 3.76. The van der Waals surface area contributed by atoms with E-state index >= 15 is 0 Å². The first-order valence-corrected chi connectivity index (χ1v) is 10.3. The first kappa shape index (κ1) is 20.2. The van der Waals surface area contributed by atoms with Crippen molar-refractivity contribution in [3.8, 4) is 17.2 Å². The van der Waals surface area contributed by atoms with Crippen molar-refractivity contribution >= 4 is 28.3 Å². The minimum Gasteiger partial charge on any atom is -0.497 e. The summed E-state index contributed by atoms with van der Waals surface area (Å²) in [7, 11) is 1.56. The fraction of sp³-hybridized carbons (Fsp3) is 0.120. The number of carbonyl (C=O) groups excluding carboxylic acids is 1. The number of halogens is 1. The first-order chi connectivity index (χ1) is 15.5. The van der Waals surface area contributed by atoms with E-state index in [2.05, 4.69) is 0 Å². The molecule has 160 valence electrons. The Balaban J connectivity index is 1.68. The van der Waals surface area contributed by atoms with E-state index in [0.29, 0.717) is 45.3 Å². The maximum absolute atomic E-state index is 13.3. The van der Waals surface area contributed by atoms with Crippen molar-refractivity contribution in [2.45, 2.75) is 6.54 Å². The first-order valence-electron chi connectivity index (χ1n) is 9.93. The van der Waals surface area contributed by atoms with Crippen LogP contribution < -0.4 is 19.6 Å². The summed E-state index contributed by atoms with van der Waals surface area (Å²) in [6, 6.07) is 17.5. The lowest BCUT2D eigenvalue weighted by Gasteiger charge is -2.14. The van der Waals surface area contributed by atoms with E-state index in [1.807, 2.05) is 16.7 Å². The molecule has 0 saturated carbocycles. The molecule has 0 bridgehead atoms. The van der Waals surface area contributed by atoms with Crippen LogP contribution in [-0.2, 0) is 6.54 Å². The summed E-state index contributed by atoms with van der Waals surface area (Å²) < 4.78 is 18.0. The van der Waals surface area contributed by atoms with Crippen LogP contribution in [-0.4, -0.2) is 24.3 Å². The fourth-order valence-corrected chi connectivity index (χ4v) is 3.88. The number of pyridine rings is 1. The molecule has 3 aromatic carbocycles. The van der Waals surface area contributed by atoms with Gasteiger partial charge in [-0.1, -0.05) is 23.7 Å². The third-order valence-corrected chi connectivity index (χ3v) is 5.69. The summed E-state index contributed by atoms with van der Waals surface area (Å²) in [5, 5.41) is 1.03. The smallest absolute Gasteiger partial charge is 0.231 e. The third kappa shape index (κ3) is 3.59. The molecule has 0 N–H and O–H groups in total. The number of rotatable bonds is 5. The van der Waals surface area contributed by atoms with Crippen molar-refractivity contribution in [2.75, 3.05) is 13.9 Å². The van der Waals surface area contributed by atoms with Gasteiger partial charge >= 0.3 is 0 Å².